The van der Waals surface area contributed by atoms with Crippen LogP contribution in [-0.2, 0) is 6.54 Å². The van der Waals surface area contributed by atoms with E-state index >= 15 is 0 Å². The molecule has 0 heterocycles. The largest absolute Gasteiger partial charge is 0.371 e. The number of thioether (sulfide) groups is 1. The monoisotopic (exact) mass is 296 g/mol. The topological polar surface area (TPSA) is 15.3 Å². The van der Waals surface area contributed by atoms with Gasteiger partial charge in [-0.3, -0.25) is 0 Å². The van der Waals surface area contributed by atoms with Crippen LogP contribution in [-0.4, -0.2) is 31.1 Å². The van der Waals surface area contributed by atoms with Crippen molar-refractivity contribution in [3.05, 3.63) is 29.6 Å². The molecule has 1 atom stereocenters. The van der Waals surface area contributed by atoms with E-state index in [-0.39, 0.29) is 5.82 Å². The lowest BCUT2D eigenvalue weighted by atomic mass is 10.1. The normalized spacial score (nSPS) is 16.2. The molecule has 1 N–H and O–H groups in total. The zero-order valence-electron chi connectivity index (χ0n) is 12.7. The van der Waals surface area contributed by atoms with Gasteiger partial charge in [-0.2, -0.15) is 11.8 Å². The van der Waals surface area contributed by atoms with Crippen LogP contribution < -0.4 is 10.2 Å². The predicted molar refractivity (Wildman–Crippen MR) is 87.1 cm³/mol. The molecule has 2 rings (SSSR count). The van der Waals surface area contributed by atoms with E-state index in [0.717, 1.165) is 30.0 Å². The molecule has 1 saturated carbocycles. The molecule has 1 aliphatic rings. The number of benzene rings is 1. The van der Waals surface area contributed by atoms with Crippen LogP contribution in [0.1, 0.15) is 31.7 Å². The minimum Gasteiger partial charge on any atom is -0.371 e. The molecule has 20 heavy (non-hydrogen) atoms. The highest BCUT2D eigenvalue weighted by molar-refractivity contribution is 7.98. The summed E-state index contributed by atoms with van der Waals surface area (Å²) < 4.78 is 13.8. The smallest absolute Gasteiger partial charge is 0.125 e. The van der Waals surface area contributed by atoms with Crippen molar-refractivity contribution in [2.75, 3.05) is 24.0 Å². The number of rotatable bonds is 8. The van der Waals surface area contributed by atoms with E-state index in [0.29, 0.717) is 12.1 Å². The van der Waals surface area contributed by atoms with Gasteiger partial charge in [0.25, 0.3) is 0 Å². The number of hydrogen-bond acceptors (Lipinski definition) is 3. The molecule has 0 radical (unpaired) electrons. The Morgan fingerprint density at radius 2 is 2.15 bits per heavy atom. The molecule has 0 amide bonds. The SMILES string of the molecule is CCC(CSC)N(C)c1cc(F)cc(CNC2CC2)c1. The minimum atomic E-state index is -0.138. The van der Waals surface area contributed by atoms with Crippen LogP contribution in [0.5, 0.6) is 0 Å². The van der Waals surface area contributed by atoms with Crippen LogP contribution in [0.3, 0.4) is 0 Å². The third kappa shape index (κ3) is 4.38. The molecule has 0 bridgehead atoms. The highest BCUT2D eigenvalue weighted by Crippen LogP contribution is 2.23. The predicted octanol–water partition coefficient (Wildman–Crippen LogP) is 3.66. The van der Waals surface area contributed by atoms with Gasteiger partial charge in [-0.1, -0.05) is 6.92 Å². The molecular weight excluding hydrogens is 271 g/mol. The van der Waals surface area contributed by atoms with Crippen molar-refractivity contribution in [2.45, 2.75) is 44.8 Å². The van der Waals surface area contributed by atoms with Crippen LogP contribution in [0.25, 0.3) is 0 Å². The van der Waals surface area contributed by atoms with E-state index < -0.39 is 0 Å². The molecule has 112 valence electrons. The molecule has 2 nitrogen and oxygen atoms in total. The fourth-order valence-corrected chi connectivity index (χ4v) is 3.24. The van der Waals surface area contributed by atoms with E-state index in [1.54, 1.807) is 12.1 Å². The summed E-state index contributed by atoms with van der Waals surface area (Å²) in [5.41, 5.74) is 2.02. The minimum absolute atomic E-state index is 0.138. The summed E-state index contributed by atoms with van der Waals surface area (Å²) in [6, 6.07) is 6.50. The van der Waals surface area contributed by atoms with Gasteiger partial charge in [0.05, 0.1) is 0 Å². The molecule has 0 spiro atoms. The third-order valence-electron chi connectivity index (χ3n) is 3.90. The van der Waals surface area contributed by atoms with Crippen molar-refractivity contribution in [2.24, 2.45) is 0 Å². The summed E-state index contributed by atoms with van der Waals surface area (Å²) in [6.07, 6.45) is 5.71. The van der Waals surface area contributed by atoms with Gasteiger partial charge in [-0.25, -0.2) is 4.39 Å². The average Bonchev–Trinajstić information content (AvgIpc) is 3.25. The summed E-state index contributed by atoms with van der Waals surface area (Å²) in [6.45, 7) is 2.95. The second-order valence-corrected chi connectivity index (χ2v) is 6.51. The Morgan fingerprint density at radius 1 is 1.40 bits per heavy atom. The molecular formula is C16H25FN2S. The van der Waals surface area contributed by atoms with E-state index in [2.05, 4.69) is 36.5 Å². The lowest BCUT2D eigenvalue weighted by Crippen LogP contribution is -2.33. The number of halogens is 1. The van der Waals surface area contributed by atoms with Crippen molar-refractivity contribution >= 4 is 17.4 Å². The number of nitrogens with one attached hydrogen (secondary N) is 1. The molecule has 1 aromatic rings. The quantitative estimate of drug-likeness (QED) is 0.788. The molecule has 0 aliphatic heterocycles. The van der Waals surface area contributed by atoms with E-state index in [4.69, 9.17) is 0 Å². The Kier molecular flexibility index (Phi) is 5.73. The maximum absolute atomic E-state index is 13.8. The summed E-state index contributed by atoms with van der Waals surface area (Å²) in [5.74, 6) is 0.931. The van der Waals surface area contributed by atoms with Crippen molar-refractivity contribution in [3.63, 3.8) is 0 Å². The highest BCUT2D eigenvalue weighted by atomic mass is 32.2. The molecule has 0 aromatic heterocycles. The molecule has 1 unspecified atom stereocenters. The van der Waals surface area contributed by atoms with E-state index in [1.165, 1.54) is 12.8 Å². The first-order valence-corrected chi connectivity index (χ1v) is 8.78. The summed E-state index contributed by atoms with van der Waals surface area (Å²) in [4.78, 5) is 2.21. The lowest BCUT2D eigenvalue weighted by molar-refractivity contribution is 0.614. The first-order valence-electron chi connectivity index (χ1n) is 7.38. The maximum Gasteiger partial charge on any atom is 0.125 e. The molecule has 0 saturated heterocycles. The van der Waals surface area contributed by atoms with Gasteiger partial charge in [0, 0.05) is 37.1 Å². The van der Waals surface area contributed by atoms with Crippen LogP contribution in [0, 0.1) is 5.82 Å². The number of nitrogens with zero attached hydrogens (tertiary/aromatic N) is 1. The van der Waals surface area contributed by atoms with Gasteiger partial charge < -0.3 is 10.2 Å². The summed E-state index contributed by atoms with van der Waals surface area (Å²) >= 11 is 1.84. The highest BCUT2D eigenvalue weighted by Gasteiger charge is 2.20. The van der Waals surface area contributed by atoms with Gasteiger partial charge in [-0.05, 0) is 49.3 Å². The van der Waals surface area contributed by atoms with Crippen molar-refractivity contribution in [1.82, 2.24) is 5.32 Å². The van der Waals surface area contributed by atoms with Gasteiger partial charge in [-0.15, -0.1) is 0 Å². The fourth-order valence-electron chi connectivity index (χ4n) is 2.40. The fraction of sp³-hybridized carbons (Fsp3) is 0.625. The summed E-state index contributed by atoms with van der Waals surface area (Å²) in [7, 11) is 2.07. The zero-order chi connectivity index (χ0) is 14.5. The second-order valence-electron chi connectivity index (χ2n) is 5.60. The van der Waals surface area contributed by atoms with Crippen LogP contribution in [0.15, 0.2) is 18.2 Å². The first-order chi connectivity index (χ1) is 9.63. The standard InChI is InChI=1S/C16H25FN2S/c1-4-15(11-20-3)19(2)16-8-12(7-13(17)9-16)10-18-14-5-6-14/h7-9,14-15,18H,4-6,10-11H2,1-3H3. The number of anilines is 1. The van der Waals surface area contributed by atoms with Crippen molar-refractivity contribution in [1.29, 1.82) is 0 Å². The first kappa shape index (κ1) is 15.6. The Balaban J connectivity index is 2.08. The molecule has 1 aliphatic carbocycles. The van der Waals surface area contributed by atoms with Gasteiger partial charge >= 0.3 is 0 Å². The zero-order valence-corrected chi connectivity index (χ0v) is 13.5. The van der Waals surface area contributed by atoms with Crippen molar-refractivity contribution < 1.29 is 4.39 Å². The van der Waals surface area contributed by atoms with Gasteiger partial charge in [0.2, 0.25) is 0 Å². The third-order valence-corrected chi connectivity index (χ3v) is 4.62. The van der Waals surface area contributed by atoms with Gasteiger partial charge in [0.15, 0.2) is 0 Å². The van der Waals surface area contributed by atoms with E-state index in [9.17, 15) is 4.39 Å². The molecule has 1 aromatic carbocycles. The summed E-state index contributed by atoms with van der Waals surface area (Å²) in [5, 5.41) is 3.45. The Morgan fingerprint density at radius 3 is 2.75 bits per heavy atom. The Bertz CT molecular complexity index is 434. The Labute approximate surface area is 126 Å². The average molecular weight is 296 g/mol. The Hall–Kier alpha value is -0.740. The maximum atomic E-state index is 13.8. The van der Waals surface area contributed by atoms with Crippen molar-refractivity contribution in [3.8, 4) is 0 Å². The molecule has 1 fully saturated rings. The van der Waals surface area contributed by atoms with Crippen LogP contribution >= 0.6 is 11.8 Å². The van der Waals surface area contributed by atoms with Crippen LogP contribution in [0.2, 0.25) is 0 Å². The molecule has 4 heteroatoms. The second kappa shape index (κ2) is 7.32. The lowest BCUT2D eigenvalue weighted by Gasteiger charge is -2.29. The number of hydrogen-bond donors (Lipinski definition) is 1. The van der Waals surface area contributed by atoms with Crippen LogP contribution in [0.4, 0.5) is 10.1 Å². The van der Waals surface area contributed by atoms with E-state index in [1.807, 2.05) is 11.8 Å². The van der Waals surface area contributed by atoms with Gasteiger partial charge in [0.1, 0.15) is 5.82 Å².